The maximum atomic E-state index is 5.48. The summed E-state index contributed by atoms with van der Waals surface area (Å²) in [5.74, 6) is 7.34. The maximum absolute atomic E-state index is 5.48. The molecule has 19 heavy (non-hydrogen) atoms. The number of nitrogen functional groups attached to an aromatic ring is 1. The summed E-state index contributed by atoms with van der Waals surface area (Å²) < 4.78 is 0. The molecule has 0 aliphatic rings. The first-order valence-corrected chi connectivity index (χ1v) is 6.35. The molecule has 2 aromatic heterocycles. The quantitative estimate of drug-likeness (QED) is 0.649. The van der Waals surface area contributed by atoms with Crippen molar-refractivity contribution in [3.05, 3.63) is 35.8 Å². The first kappa shape index (κ1) is 13.4. The molecular weight excluding hydrogens is 238 g/mol. The van der Waals surface area contributed by atoms with Crippen LogP contribution in [0, 0.1) is 12.8 Å². The highest BCUT2D eigenvalue weighted by Gasteiger charge is 2.09. The molecule has 0 fully saturated rings. The highest BCUT2D eigenvalue weighted by Crippen LogP contribution is 2.21. The molecule has 5 nitrogen and oxygen atoms in total. The Morgan fingerprint density at radius 1 is 1.32 bits per heavy atom. The molecule has 2 heterocycles. The Morgan fingerprint density at radius 3 is 2.74 bits per heavy atom. The number of rotatable bonds is 4. The molecule has 0 spiro atoms. The number of nitrogens with two attached hydrogens (primary N) is 1. The third kappa shape index (κ3) is 3.26. The Morgan fingerprint density at radius 2 is 2.11 bits per heavy atom. The number of hydrazine groups is 1. The zero-order chi connectivity index (χ0) is 13.8. The lowest BCUT2D eigenvalue weighted by Crippen LogP contribution is -2.11. The fourth-order valence-corrected chi connectivity index (χ4v) is 1.94. The lowest BCUT2D eigenvalue weighted by atomic mass is 10.1. The molecule has 0 aromatic carbocycles. The predicted molar refractivity (Wildman–Crippen MR) is 76.4 cm³/mol. The van der Waals surface area contributed by atoms with Gasteiger partial charge in [-0.05, 0) is 30.9 Å². The Balaban J connectivity index is 2.48. The summed E-state index contributed by atoms with van der Waals surface area (Å²) in [5, 5.41) is 0. The highest BCUT2D eigenvalue weighted by molar-refractivity contribution is 5.60. The van der Waals surface area contributed by atoms with Gasteiger partial charge in [-0.3, -0.25) is 4.98 Å². The van der Waals surface area contributed by atoms with Crippen molar-refractivity contribution in [2.75, 3.05) is 5.43 Å². The van der Waals surface area contributed by atoms with Crippen LogP contribution in [0.25, 0.3) is 11.4 Å². The number of anilines is 1. The number of aromatic nitrogens is 3. The van der Waals surface area contributed by atoms with Crippen LogP contribution in [-0.2, 0) is 6.42 Å². The van der Waals surface area contributed by atoms with Crippen molar-refractivity contribution >= 4 is 5.82 Å². The van der Waals surface area contributed by atoms with E-state index in [1.54, 1.807) is 6.20 Å². The van der Waals surface area contributed by atoms with E-state index in [4.69, 9.17) is 5.84 Å². The minimum Gasteiger partial charge on any atom is -0.308 e. The zero-order valence-corrected chi connectivity index (χ0v) is 11.5. The van der Waals surface area contributed by atoms with Gasteiger partial charge < -0.3 is 5.43 Å². The van der Waals surface area contributed by atoms with Crippen LogP contribution >= 0.6 is 0 Å². The Hall–Kier alpha value is -2.01. The number of hydrogen-bond acceptors (Lipinski definition) is 5. The molecule has 0 amide bonds. The van der Waals surface area contributed by atoms with E-state index in [1.165, 1.54) is 0 Å². The number of nitrogens with zero attached hydrogens (tertiary/aromatic N) is 3. The summed E-state index contributed by atoms with van der Waals surface area (Å²) in [5.41, 5.74) is 5.63. The highest BCUT2D eigenvalue weighted by atomic mass is 15.3. The summed E-state index contributed by atoms with van der Waals surface area (Å²) in [6.45, 7) is 6.32. The Kier molecular flexibility index (Phi) is 4.06. The number of hydrogen-bond donors (Lipinski definition) is 2. The lowest BCUT2D eigenvalue weighted by Gasteiger charge is -2.10. The topological polar surface area (TPSA) is 76.7 Å². The Labute approximate surface area is 113 Å². The average Bonchev–Trinajstić information content (AvgIpc) is 2.38. The monoisotopic (exact) mass is 257 g/mol. The van der Waals surface area contributed by atoms with Crippen molar-refractivity contribution in [3.63, 3.8) is 0 Å². The fraction of sp³-hybridized carbons (Fsp3) is 0.357. The molecule has 3 N–H and O–H groups in total. The molecule has 2 aromatic rings. The van der Waals surface area contributed by atoms with E-state index in [1.807, 2.05) is 25.3 Å². The van der Waals surface area contributed by atoms with E-state index in [0.29, 0.717) is 17.6 Å². The van der Waals surface area contributed by atoms with Gasteiger partial charge in [0.1, 0.15) is 5.82 Å². The van der Waals surface area contributed by atoms with Gasteiger partial charge in [-0.15, -0.1) is 0 Å². The first-order valence-electron chi connectivity index (χ1n) is 6.35. The van der Waals surface area contributed by atoms with Crippen molar-refractivity contribution in [1.82, 2.24) is 15.0 Å². The van der Waals surface area contributed by atoms with E-state index in [-0.39, 0.29) is 0 Å². The summed E-state index contributed by atoms with van der Waals surface area (Å²) in [7, 11) is 0. The second kappa shape index (κ2) is 5.75. The van der Waals surface area contributed by atoms with Gasteiger partial charge in [0.15, 0.2) is 5.82 Å². The maximum Gasteiger partial charge on any atom is 0.162 e. The van der Waals surface area contributed by atoms with Gasteiger partial charge >= 0.3 is 0 Å². The molecule has 0 aliphatic carbocycles. The molecule has 2 rings (SSSR count). The summed E-state index contributed by atoms with van der Waals surface area (Å²) in [6.07, 6.45) is 4.45. The van der Waals surface area contributed by atoms with Crippen molar-refractivity contribution < 1.29 is 0 Å². The van der Waals surface area contributed by atoms with Gasteiger partial charge in [0.2, 0.25) is 0 Å². The Bertz CT molecular complexity index is 566. The molecule has 5 heteroatoms. The normalized spacial score (nSPS) is 10.8. The molecule has 100 valence electrons. The van der Waals surface area contributed by atoms with Crippen molar-refractivity contribution in [2.45, 2.75) is 27.2 Å². The molecular formula is C14H19N5. The van der Waals surface area contributed by atoms with E-state index >= 15 is 0 Å². The first-order chi connectivity index (χ1) is 9.10. The molecule has 0 bridgehead atoms. The third-order valence-corrected chi connectivity index (χ3v) is 2.81. The number of nitrogens with one attached hydrogen (secondary N) is 1. The van der Waals surface area contributed by atoms with Crippen LogP contribution in [0.3, 0.4) is 0 Å². The standard InChI is InChI=1S/C14H19N5/c1-9(2)6-11-7-13(19-15)18-14(17-11)12-4-5-16-8-10(12)3/h4-5,7-9H,6,15H2,1-3H3,(H,17,18,19). The third-order valence-electron chi connectivity index (χ3n) is 2.81. The van der Waals surface area contributed by atoms with Gasteiger partial charge in [-0.2, -0.15) is 0 Å². The summed E-state index contributed by atoms with van der Waals surface area (Å²) in [6, 6.07) is 3.81. The minimum absolute atomic E-state index is 0.534. The van der Waals surface area contributed by atoms with Crippen LogP contribution in [0.5, 0.6) is 0 Å². The molecule has 0 saturated heterocycles. The van der Waals surface area contributed by atoms with Gasteiger partial charge in [0.05, 0.1) is 0 Å². The van der Waals surface area contributed by atoms with Crippen molar-refractivity contribution in [1.29, 1.82) is 0 Å². The lowest BCUT2D eigenvalue weighted by molar-refractivity contribution is 0.635. The summed E-state index contributed by atoms with van der Waals surface area (Å²) >= 11 is 0. The van der Waals surface area contributed by atoms with Crippen LogP contribution in [0.1, 0.15) is 25.1 Å². The molecule has 0 saturated carbocycles. The van der Waals surface area contributed by atoms with Crippen LogP contribution in [-0.4, -0.2) is 15.0 Å². The van der Waals surface area contributed by atoms with E-state index in [9.17, 15) is 0 Å². The molecule has 0 unspecified atom stereocenters. The van der Waals surface area contributed by atoms with E-state index in [0.717, 1.165) is 23.2 Å². The van der Waals surface area contributed by atoms with Crippen LogP contribution in [0.4, 0.5) is 5.82 Å². The smallest absolute Gasteiger partial charge is 0.162 e. The molecule has 0 atom stereocenters. The molecule has 0 aliphatic heterocycles. The van der Waals surface area contributed by atoms with E-state index in [2.05, 4.69) is 34.2 Å². The number of aryl methyl sites for hydroxylation is 1. The van der Waals surface area contributed by atoms with Gasteiger partial charge in [0.25, 0.3) is 0 Å². The zero-order valence-electron chi connectivity index (χ0n) is 11.5. The fourth-order valence-electron chi connectivity index (χ4n) is 1.94. The van der Waals surface area contributed by atoms with Gasteiger partial charge in [0, 0.05) is 29.7 Å². The van der Waals surface area contributed by atoms with Crippen LogP contribution in [0.2, 0.25) is 0 Å². The summed E-state index contributed by atoms with van der Waals surface area (Å²) in [4.78, 5) is 13.1. The van der Waals surface area contributed by atoms with Crippen molar-refractivity contribution in [2.24, 2.45) is 11.8 Å². The predicted octanol–water partition coefficient (Wildman–Crippen LogP) is 2.33. The van der Waals surface area contributed by atoms with Crippen LogP contribution < -0.4 is 11.3 Å². The van der Waals surface area contributed by atoms with Gasteiger partial charge in [-0.1, -0.05) is 13.8 Å². The van der Waals surface area contributed by atoms with Crippen molar-refractivity contribution in [3.8, 4) is 11.4 Å². The molecule has 0 radical (unpaired) electrons. The van der Waals surface area contributed by atoms with Gasteiger partial charge in [-0.25, -0.2) is 15.8 Å². The largest absolute Gasteiger partial charge is 0.308 e. The second-order valence-corrected chi connectivity index (χ2v) is 5.00. The van der Waals surface area contributed by atoms with E-state index < -0.39 is 0 Å². The average molecular weight is 257 g/mol. The minimum atomic E-state index is 0.534. The number of pyridine rings is 1. The van der Waals surface area contributed by atoms with Crippen LogP contribution in [0.15, 0.2) is 24.5 Å². The SMILES string of the molecule is Cc1cnccc1-c1nc(CC(C)C)cc(NN)n1. The second-order valence-electron chi connectivity index (χ2n) is 5.00.